The quantitative estimate of drug-likeness (QED) is 0.152. The van der Waals surface area contributed by atoms with E-state index >= 15 is 0 Å². The molecular weight excluding hydrogens is 731 g/mol. The third-order valence-electron chi connectivity index (χ3n) is 11.1. The van der Waals surface area contributed by atoms with Gasteiger partial charge in [0.15, 0.2) is 11.5 Å². The number of rotatable bonds is 7. The Bertz CT molecular complexity index is 3160. The zero-order valence-corrected chi connectivity index (χ0v) is 32.7. The van der Waals surface area contributed by atoms with Crippen molar-refractivity contribution in [1.29, 1.82) is 5.26 Å². The van der Waals surface area contributed by atoms with E-state index in [1.54, 1.807) is 0 Å². The Morgan fingerprint density at radius 1 is 0.483 bits per heavy atom. The minimum Gasteiger partial charge on any atom is -0.308 e. The molecule has 280 valence electrons. The van der Waals surface area contributed by atoms with Crippen LogP contribution >= 0.6 is 0 Å². The molecule has 2 aromatic heterocycles. The zero-order chi connectivity index (χ0) is 40.6. The molecule has 0 saturated carbocycles. The average Bonchev–Trinajstić information content (AvgIpc) is 3.65. The molecule has 0 amide bonds. The van der Waals surface area contributed by atoms with Gasteiger partial charge in [0.1, 0.15) is 0 Å². The van der Waals surface area contributed by atoms with Gasteiger partial charge in [-0.2, -0.15) is 5.26 Å². The molecule has 0 aliphatic carbocycles. The summed E-state index contributed by atoms with van der Waals surface area (Å²) in [5.41, 5.74) is 16.0. The molecule has 5 heteroatoms. The second kappa shape index (κ2) is 15.2. The lowest BCUT2D eigenvalue weighted by atomic mass is 9.91. The number of fused-ring (bicyclic) bond motifs is 3. The van der Waals surface area contributed by atoms with Crippen molar-refractivity contribution in [1.82, 2.24) is 14.5 Å². The molecule has 0 fully saturated rings. The summed E-state index contributed by atoms with van der Waals surface area (Å²) in [6.07, 6.45) is 0. The molecule has 0 spiro atoms. The van der Waals surface area contributed by atoms with E-state index in [4.69, 9.17) is 16.5 Å². The van der Waals surface area contributed by atoms with Gasteiger partial charge >= 0.3 is 0 Å². The van der Waals surface area contributed by atoms with Crippen molar-refractivity contribution in [3.05, 3.63) is 217 Å². The molecule has 0 unspecified atom stereocenters. The van der Waals surface area contributed by atoms with Crippen LogP contribution in [0.3, 0.4) is 0 Å². The van der Waals surface area contributed by atoms with Crippen LogP contribution in [-0.2, 0) is 0 Å². The molecular formula is C55H35N5. The van der Waals surface area contributed by atoms with Gasteiger partial charge in [-0.25, -0.2) is 14.8 Å². The standard InChI is InChI=1S/C55H35N5/c1-36-17-21-38(22-18-36)43-27-30-53-49(31-43)46-15-9-10-16-52(46)60(53)54-47(39-23-19-37(35-56)20-24-39)32-44(33-48(54)40-25-28-45(57-2)29-26-40)51-34-50(41-11-5-3-6-12-41)58-55(59-51)42-13-7-4-8-14-42/h3-34H,1H3. The molecule has 8 aromatic carbocycles. The van der Waals surface area contributed by atoms with Gasteiger partial charge in [-0.3, -0.25) is 0 Å². The summed E-state index contributed by atoms with van der Waals surface area (Å²) < 4.78 is 2.38. The highest BCUT2D eigenvalue weighted by Crippen LogP contribution is 2.45. The maximum atomic E-state index is 9.84. The lowest BCUT2D eigenvalue weighted by molar-refractivity contribution is 1.17. The summed E-state index contributed by atoms with van der Waals surface area (Å²) in [6.45, 7) is 9.85. The number of aryl methyl sites for hydroxylation is 1. The molecule has 10 aromatic rings. The summed E-state index contributed by atoms with van der Waals surface area (Å²) in [6, 6.07) is 68.7. The molecule has 0 radical (unpaired) electrons. The van der Waals surface area contributed by atoms with Crippen LogP contribution in [0.2, 0.25) is 0 Å². The normalized spacial score (nSPS) is 11.1. The van der Waals surface area contributed by atoms with Crippen molar-refractivity contribution in [3.63, 3.8) is 0 Å². The van der Waals surface area contributed by atoms with Crippen LogP contribution in [0.1, 0.15) is 11.1 Å². The Kier molecular flexibility index (Phi) is 9.10. The molecule has 10 rings (SSSR count). The van der Waals surface area contributed by atoms with Crippen molar-refractivity contribution in [2.45, 2.75) is 6.92 Å². The lowest BCUT2D eigenvalue weighted by Gasteiger charge is -2.21. The SMILES string of the molecule is [C-]#[N+]c1ccc(-c2cc(-c3cc(-c4ccccc4)nc(-c4ccccc4)n3)cc(-c3ccc(C#N)cc3)c2-n2c3ccccc3c3cc(-c4ccc(C)cc4)ccc32)cc1. The Morgan fingerprint density at radius 3 is 1.68 bits per heavy atom. The zero-order valence-electron chi connectivity index (χ0n) is 32.7. The van der Waals surface area contributed by atoms with E-state index in [2.05, 4.69) is 119 Å². The smallest absolute Gasteiger partial charge is 0.187 e. The molecule has 5 nitrogen and oxygen atoms in total. The van der Waals surface area contributed by atoms with Crippen molar-refractivity contribution < 1.29 is 0 Å². The average molecular weight is 766 g/mol. The fraction of sp³-hybridized carbons (Fsp3) is 0.0182. The van der Waals surface area contributed by atoms with Crippen LogP contribution in [0.15, 0.2) is 194 Å². The number of para-hydroxylation sites is 1. The maximum absolute atomic E-state index is 9.84. The molecule has 0 aliphatic rings. The molecule has 0 atom stereocenters. The first-order chi connectivity index (χ1) is 29.5. The van der Waals surface area contributed by atoms with Gasteiger partial charge in [0, 0.05) is 38.6 Å². The van der Waals surface area contributed by atoms with Crippen LogP contribution in [-0.4, -0.2) is 14.5 Å². The van der Waals surface area contributed by atoms with Crippen molar-refractivity contribution in [2.24, 2.45) is 0 Å². The topological polar surface area (TPSA) is 58.9 Å². The van der Waals surface area contributed by atoms with Crippen molar-refractivity contribution >= 4 is 27.5 Å². The van der Waals surface area contributed by atoms with Crippen molar-refractivity contribution in [2.75, 3.05) is 0 Å². The minimum absolute atomic E-state index is 0.570. The summed E-state index contributed by atoms with van der Waals surface area (Å²) in [4.78, 5) is 14.1. The first-order valence-corrected chi connectivity index (χ1v) is 19.8. The van der Waals surface area contributed by atoms with Crippen LogP contribution in [0.5, 0.6) is 0 Å². The number of nitrogens with zero attached hydrogens (tertiary/aromatic N) is 5. The Balaban J connectivity index is 1.31. The highest BCUT2D eigenvalue weighted by atomic mass is 15.0. The van der Waals surface area contributed by atoms with Crippen LogP contribution in [0.4, 0.5) is 5.69 Å². The van der Waals surface area contributed by atoms with Gasteiger partial charge < -0.3 is 4.57 Å². The maximum Gasteiger partial charge on any atom is 0.187 e. The number of aromatic nitrogens is 3. The third kappa shape index (κ3) is 6.57. The van der Waals surface area contributed by atoms with E-state index in [-0.39, 0.29) is 0 Å². The summed E-state index contributed by atoms with van der Waals surface area (Å²) >= 11 is 0. The first kappa shape index (κ1) is 36.0. The van der Waals surface area contributed by atoms with E-state index in [9.17, 15) is 5.26 Å². The van der Waals surface area contributed by atoms with E-state index in [1.807, 2.05) is 97.1 Å². The van der Waals surface area contributed by atoms with Crippen molar-refractivity contribution in [3.8, 4) is 79.0 Å². The highest BCUT2D eigenvalue weighted by molar-refractivity contribution is 6.12. The minimum atomic E-state index is 0.570. The van der Waals surface area contributed by atoms with Gasteiger partial charge in [0.25, 0.3) is 0 Å². The number of benzene rings is 8. The monoisotopic (exact) mass is 765 g/mol. The third-order valence-corrected chi connectivity index (χ3v) is 11.1. The number of nitriles is 1. The Morgan fingerprint density at radius 2 is 1.03 bits per heavy atom. The van der Waals surface area contributed by atoms with Gasteiger partial charge in [-0.15, -0.1) is 0 Å². The fourth-order valence-corrected chi connectivity index (χ4v) is 8.11. The predicted octanol–water partition coefficient (Wildman–Crippen LogP) is 14.3. The number of hydrogen-bond acceptors (Lipinski definition) is 3. The van der Waals surface area contributed by atoms with Gasteiger partial charge in [-0.05, 0) is 77.7 Å². The van der Waals surface area contributed by atoms with Crippen LogP contribution in [0.25, 0.3) is 99.6 Å². The van der Waals surface area contributed by atoms with Gasteiger partial charge in [0.05, 0.1) is 46.3 Å². The highest BCUT2D eigenvalue weighted by Gasteiger charge is 2.23. The van der Waals surface area contributed by atoms with E-state index < -0.39 is 0 Å². The van der Waals surface area contributed by atoms with E-state index in [0.29, 0.717) is 17.1 Å². The molecule has 0 aliphatic heterocycles. The van der Waals surface area contributed by atoms with Crippen LogP contribution in [0, 0.1) is 24.8 Å². The lowest BCUT2D eigenvalue weighted by Crippen LogP contribution is -2.03. The predicted molar refractivity (Wildman–Crippen MR) is 245 cm³/mol. The van der Waals surface area contributed by atoms with Gasteiger partial charge in [0.2, 0.25) is 0 Å². The molecule has 2 heterocycles. The largest absolute Gasteiger partial charge is 0.308 e. The van der Waals surface area contributed by atoms with E-state index in [0.717, 1.165) is 89.0 Å². The Labute approximate surface area is 348 Å². The molecule has 0 saturated heterocycles. The molecule has 60 heavy (non-hydrogen) atoms. The van der Waals surface area contributed by atoms with Crippen LogP contribution < -0.4 is 0 Å². The summed E-state index contributed by atoms with van der Waals surface area (Å²) in [7, 11) is 0. The first-order valence-electron chi connectivity index (χ1n) is 19.8. The second-order valence-electron chi connectivity index (χ2n) is 14.9. The van der Waals surface area contributed by atoms with E-state index in [1.165, 1.54) is 5.56 Å². The summed E-state index contributed by atoms with van der Waals surface area (Å²) in [5, 5.41) is 12.1. The summed E-state index contributed by atoms with van der Waals surface area (Å²) in [5.74, 6) is 0.630. The van der Waals surface area contributed by atoms with Gasteiger partial charge in [-0.1, -0.05) is 151 Å². The molecule has 0 bridgehead atoms. The fourth-order valence-electron chi connectivity index (χ4n) is 8.11. The Hall–Kier alpha value is -8.38. The number of hydrogen-bond donors (Lipinski definition) is 0. The second-order valence-corrected chi connectivity index (χ2v) is 14.9. The molecule has 0 N–H and O–H groups in total.